The second-order valence-electron chi connectivity index (χ2n) is 6.07. The quantitative estimate of drug-likeness (QED) is 0.610. The molecule has 1 aliphatic rings. The van der Waals surface area contributed by atoms with Crippen LogP contribution in [0.1, 0.15) is 25.8 Å². The highest BCUT2D eigenvalue weighted by molar-refractivity contribution is 8.18. The standard InChI is InChI=1S/C21H20F2N2O2S/c1-3-11-27-16-8-5-14(6-9-16)12-19-20(26)25(4-2)21(28-19)24-18-10-7-15(22)13-17(18)23/h5-10,12-13H,3-4,11H2,1-2H3/b19-12+,24-21?. The van der Waals surface area contributed by atoms with Gasteiger partial charge in [-0.1, -0.05) is 19.1 Å². The van der Waals surface area contributed by atoms with Crippen LogP contribution in [-0.2, 0) is 4.79 Å². The number of amidine groups is 1. The van der Waals surface area contributed by atoms with E-state index < -0.39 is 11.6 Å². The van der Waals surface area contributed by atoms with Crippen LogP contribution in [0.15, 0.2) is 52.4 Å². The smallest absolute Gasteiger partial charge is 0.266 e. The van der Waals surface area contributed by atoms with Crippen molar-refractivity contribution in [1.82, 2.24) is 4.90 Å². The highest BCUT2D eigenvalue weighted by Gasteiger charge is 2.32. The number of thioether (sulfide) groups is 1. The molecule has 0 N–H and O–H groups in total. The number of benzene rings is 2. The highest BCUT2D eigenvalue weighted by Crippen LogP contribution is 2.34. The molecule has 28 heavy (non-hydrogen) atoms. The molecule has 0 radical (unpaired) electrons. The molecule has 2 aromatic rings. The van der Waals surface area contributed by atoms with E-state index in [4.69, 9.17) is 4.74 Å². The number of carbonyl (C=O) groups is 1. The van der Waals surface area contributed by atoms with E-state index in [0.29, 0.717) is 23.2 Å². The van der Waals surface area contributed by atoms with Crippen LogP contribution in [0.2, 0.25) is 0 Å². The van der Waals surface area contributed by atoms with Crippen LogP contribution >= 0.6 is 11.8 Å². The zero-order valence-electron chi connectivity index (χ0n) is 15.6. The molecule has 1 amide bonds. The summed E-state index contributed by atoms with van der Waals surface area (Å²) >= 11 is 1.17. The van der Waals surface area contributed by atoms with E-state index in [1.54, 1.807) is 6.08 Å². The summed E-state index contributed by atoms with van der Waals surface area (Å²) in [6.45, 7) is 4.91. The fraction of sp³-hybridized carbons (Fsp3) is 0.238. The molecule has 4 nitrogen and oxygen atoms in total. The van der Waals surface area contributed by atoms with Gasteiger partial charge in [0.1, 0.15) is 17.3 Å². The largest absolute Gasteiger partial charge is 0.494 e. The van der Waals surface area contributed by atoms with Crippen molar-refractivity contribution in [2.45, 2.75) is 20.3 Å². The Balaban J connectivity index is 1.84. The Bertz CT molecular complexity index is 927. The second kappa shape index (κ2) is 9.01. The maximum absolute atomic E-state index is 13.9. The van der Waals surface area contributed by atoms with Gasteiger partial charge in [-0.3, -0.25) is 9.69 Å². The van der Waals surface area contributed by atoms with Crippen LogP contribution in [0, 0.1) is 11.6 Å². The van der Waals surface area contributed by atoms with Crippen molar-refractivity contribution in [2.24, 2.45) is 4.99 Å². The zero-order valence-corrected chi connectivity index (χ0v) is 16.4. The molecule has 0 aromatic heterocycles. The molecule has 1 fully saturated rings. The molecule has 1 saturated heterocycles. The van der Waals surface area contributed by atoms with Crippen molar-refractivity contribution in [3.63, 3.8) is 0 Å². The van der Waals surface area contributed by atoms with Gasteiger partial charge in [0, 0.05) is 12.6 Å². The van der Waals surface area contributed by atoms with Crippen molar-refractivity contribution in [3.8, 4) is 5.75 Å². The summed E-state index contributed by atoms with van der Waals surface area (Å²) in [4.78, 5) is 18.9. The van der Waals surface area contributed by atoms with Crippen LogP contribution in [0.25, 0.3) is 6.08 Å². The molecule has 0 bridgehead atoms. The number of halogens is 2. The number of likely N-dealkylation sites (N-methyl/N-ethyl adjacent to an activating group) is 1. The summed E-state index contributed by atoms with van der Waals surface area (Å²) in [5, 5.41) is 0.368. The number of nitrogens with zero attached hydrogens (tertiary/aromatic N) is 2. The first kappa shape index (κ1) is 20.1. The van der Waals surface area contributed by atoms with Crippen molar-refractivity contribution in [3.05, 3.63) is 64.6 Å². The number of ether oxygens (including phenoxy) is 1. The Hall–Kier alpha value is -2.67. The number of hydrogen-bond donors (Lipinski definition) is 0. The fourth-order valence-corrected chi connectivity index (χ4v) is 3.63. The number of rotatable bonds is 6. The summed E-state index contributed by atoms with van der Waals surface area (Å²) in [5.41, 5.74) is 0.846. The van der Waals surface area contributed by atoms with Gasteiger partial charge < -0.3 is 4.74 Å². The molecule has 1 heterocycles. The second-order valence-corrected chi connectivity index (χ2v) is 7.08. The lowest BCUT2D eigenvalue weighted by Crippen LogP contribution is -2.28. The summed E-state index contributed by atoms with van der Waals surface area (Å²) in [7, 11) is 0. The van der Waals surface area contributed by atoms with Crippen LogP contribution in [-0.4, -0.2) is 29.1 Å². The molecule has 2 aromatic carbocycles. The van der Waals surface area contributed by atoms with E-state index >= 15 is 0 Å². The highest BCUT2D eigenvalue weighted by atomic mass is 32.2. The molecule has 0 spiro atoms. The molecular formula is C21H20F2N2O2S. The van der Waals surface area contributed by atoms with Crippen molar-refractivity contribution >= 4 is 34.6 Å². The third kappa shape index (κ3) is 4.59. The first-order valence-electron chi connectivity index (χ1n) is 8.99. The first-order valence-corrected chi connectivity index (χ1v) is 9.81. The number of carbonyl (C=O) groups excluding carboxylic acids is 1. The number of hydrogen-bond acceptors (Lipinski definition) is 4. The summed E-state index contributed by atoms with van der Waals surface area (Å²) < 4.78 is 32.6. The molecule has 0 aliphatic carbocycles. The van der Waals surface area contributed by atoms with E-state index in [1.807, 2.05) is 38.1 Å². The maximum atomic E-state index is 13.9. The van der Waals surface area contributed by atoms with Crippen LogP contribution < -0.4 is 4.74 Å². The minimum Gasteiger partial charge on any atom is -0.494 e. The van der Waals surface area contributed by atoms with Crippen LogP contribution in [0.4, 0.5) is 14.5 Å². The van der Waals surface area contributed by atoms with Gasteiger partial charge in [-0.05, 0) is 61.0 Å². The molecule has 7 heteroatoms. The molecular weight excluding hydrogens is 382 g/mol. The Labute approximate surface area is 166 Å². The molecule has 0 atom stereocenters. The monoisotopic (exact) mass is 402 g/mol. The van der Waals surface area contributed by atoms with Crippen LogP contribution in [0.5, 0.6) is 5.75 Å². The topological polar surface area (TPSA) is 41.9 Å². The van der Waals surface area contributed by atoms with E-state index in [-0.39, 0.29) is 11.6 Å². The Morgan fingerprint density at radius 3 is 2.54 bits per heavy atom. The normalized spacial score (nSPS) is 17.0. The van der Waals surface area contributed by atoms with E-state index in [2.05, 4.69) is 4.99 Å². The van der Waals surface area contributed by atoms with Gasteiger partial charge in [-0.25, -0.2) is 13.8 Å². The Kier molecular flexibility index (Phi) is 6.46. The summed E-state index contributed by atoms with van der Waals surface area (Å²) in [5.74, 6) is -0.855. The zero-order chi connectivity index (χ0) is 20.1. The van der Waals surface area contributed by atoms with Gasteiger partial charge in [0.05, 0.1) is 11.5 Å². The van der Waals surface area contributed by atoms with Gasteiger partial charge >= 0.3 is 0 Å². The van der Waals surface area contributed by atoms with Crippen molar-refractivity contribution < 1.29 is 18.3 Å². The lowest BCUT2D eigenvalue weighted by molar-refractivity contribution is -0.122. The van der Waals surface area contributed by atoms with E-state index in [1.165, 1.54) is 22.7 Å². The van der Waals surface area contributed by atoms with Crippen molar-refractivity contribution in [1.29, 1.82) is 0 Å². The SMILES string of the molecule is CCCOc1ccc(/C=C2/SC(=Nc3ccc(F)cc3F)N(CC)C2=O)cc1. The summed E-state index contributed by atoms with van der Waals surface area (Å²) in [6, 6.07) is 10.6. The predicted molar refractivity (Wildman–Crippen MR) is 109 cm³/mol. The van der Waals surface area contributed by atoms with Gasteiger partial charge in [0.2, 0.25) is 0 Å². The first-order chi connectivity index (χ1) is 13.5. The van der Waals surface area contributed by atoms with E-state index in [0.717, 1.165) is 29.9 Å². The van der Waals surface area contributed by atoms with Gasteiger partial charge in [-0.15, -0.1) is 0 Å². The minimum atomic E-state index is -0.767. The fourth-order valence-electron chi connectivity index (χ4n) is 2.58. The van der Waals surface area contributed by atoms with Gasteiger partial charge in [0.25, 0.3) is 5.91 Å². The average molecular weight is 402 g/mol. The lowest BCUT2D eigenvalue weighted by Gasteiger charge is -2.12. The number of aliphatic imine (C=N–C) groups is 1. The lowest BCUT2D eigenvalue weighted by atomic mass is 10.2. The van der Waals surface area contributed by atoms with Gasteiger partial charge in [0.15, 0.2) is 11.0 Å². The Morgan fingerprint density at radius 2 is 1.89 bits per heavy atom. The van der Waals surface area contributed by atoms with Gasteiger partial charge in [-0.2, -0.15) is 0 Å². The Morgan fingerprint density at radius 1 is 1.14 bits per heavy atom. The number of amides is 1. The predicted octanol–water partition coefficient (Wildman–Crippen LogP) is 5.38. The maximum Gasteiger partial charge on any atom is 0.266 e. The van der Waals surface area contributed by atoms with Crippen LogP contribution in [0.3, 0.4) is 0 Å². The molecule has 0 saturated carbocycles. The summed E-state index contributed by atoms with van der Waals surface area (Å²) in [6.07, 6.45) is 2.70. The molecule has 146 valence electrons. The van der Waals surface area contributed by atoms with Crippen molar-refractivity contribution in [2.75, 3.05) is 13.2 Å². The molecule has 0 unspecified atom stereocenters. The molecule has 3 rings (SSSR count). The minimum absolute atomic E-state index is 0.00572. The molecule has 1 aliphatic heterocycles. The third-order valence-corrected chi connectivity index (χ3v) is 4.99. The van der Waals surface area contributed by atoms with E-state index in [9.17, 15) is 13.6 Å². The average Bonchev–Trinajstić information content (AvgIpc) is 2.97. The third-order valence-electron chi connectivity index (χ3n) is 3.98.